The fourth-order valence-corrected chi connectivity index (χ4v) is 4.89. The second-order valence-corrected chi connectivity index (χ2v) is 8.12. The summed E-state index contributed by atoms with van der Waals surface area (Å²) in [4.78, 5) is 12.0. The van der Waals surface area contributed by atoms with Crippen LogP contribution in [-0.4, -0.2) is 50.8 Å². The Hall–Kier alpha value is -0.960. The molecule has 1 amide bonds. The van der Waals surface area contributed by atoms with Gasteiger partial charge in [-0.15, -0.1) is 11.3 Å². The maximum Gasteiger partial charge on any atom is 0.252 e. The molecule has 0 saturated carbocycles. The molecule has 1 fully saturated rings. The lowest BCUT2D eigenvalue weighted by Crippen LogP contribution is -2.48. The van der Waals surface area contributed by atoms with Crippen molar-refractivity contribution in [3.8, 4) is 0 Å². The summed E-state index contributed by atoms with van der Waals surface area (Å²) in [6.45, 7) is 0.728. The lowest BCUT2D eigenvalue weighted by atomic mass is 9.99. The van der Waals surface area contributed by atoms with Crippen LogP contribution in [0.3, 0.4) is 0 Å². The fourth-order valence-electron chi connectivity index (χ4n) is 2.22. The minimum atomic E-state index is -3.46. The number of piperidine rings is 1. The third-order valence-electron chi connectivity index (χ3n) is 3.18. The summed E-state index contributed by atoms with van der Waals surface area (Å²) in [5.74, 6) is -0.415. The average Bonchev–Trinajstić information content (AvgIpc) is 2.92. The first-order valence-corrected chi connectivity index (χ1v) is 8.74. The lowest BCUT2D eigenvalue weighted by molar-refractivity contribution is -0.129. The van der Waals surface area contributed by atoms with Crippen molar-refractivity contribution >= 4 is 27.3 Å². The topological polar surface area (TPSA) is 69.7 Å². The van der Waals surface area contributed by atoms with Crippen molar-refractivity contribution in [2.45, 2.75) is 17.1 Å². The van der Waals surface area contributed by atoms with Gasteiger partial charge in [0.25, 0.3) is 10.0 Å². The Labute approximate surface area is 123 Å². The Balaban J connectivity index is 2.09. The highest BCUT2D eigenvalue weighted by atomic mass is 32.2. The molecule has 0 unspecified atom stereocenters. The Morgan fingerprint density at radius 1 is 1.50 bits per heavy atom. The molecule has 6 nitrogen and oxygen atoms in total. The first kappa shape index (κ1) is 15.4. The van der Waals surface area contributed by atoms with Crippen molar-refractivity contribution < 1.29 is 13.2 Å². The molecule has 1 aliphatic heterocycles. The van der Waals surface area contributed by atoms with E-state index in [0.29, 0.717) is 17.2 Å². The molecule has 0 radical (unpaired) electrons. The Bertz CT molecular complexity index is 555. The molecule has 0 aromatic carbocycles. The van der Waals surface area contributed by atoms with Crippen molar-refractivity contribution in [3.63, 3.8) is 0 Å². The van der Waals surface area contributed by atoms with E-state index in [0.717, 1.165) is 6.42 Å². The first-order chi connectivity index (χ1) is 9.41. The number of sulfonamides is 1. The van der Waals surface area contributed by atoms with Crippen molar-refractivity contribution in [2.75, 3.05) is 27.2 Å². The number of nitrogens with one attached hydrogen (secondary N) is 1. The van der Waals surface area contributed by atoms with Gasteiger partial charge in [0.2, 0.25) is 5.91 Å². The molecule has 1 aromatic heterocycles. The molecule has 0 bridgehead atoms. The molecule has 1 saturated heterocycles. The number of nitrogens with zero attached hydrogens (tertiary/aromatic N) is 2. The normalized spacial score (nSPS) is 21.1. The quantitative estimate of drug-likeness (QED) is 0.832. The van der Waals surface area contributed by atoms with E-state index in [9.17, 15) is 13.2 Å². The van der Waals surface area contributed by atoms with E-state index < -0.39 is 10.0 Å². The number of hydrogen-bond donors (Lipinski definition) is 1. The zero-order chi connectivity index (χ0) is 14.8. The number of carbonyl (C=O) groups excluding carboxylic acids is 1. The van der Waals surface area contributed by atoms with Crippen LogP contribution in [0.25, 0.3) is 0 Å². The highest BCUT2D eigenvalue weighted by Gasteiger charge is 2.33. The van der Waals surface area contributed by atoms with Gasteiger partial charge in [-0.2, -0.15) is 4.31 Å². The van der Waals surface area contributed by atoms with Crippen molar-refractivity contribution in [2.24, 2.45) is 5.92 Å². The monoisotopic (exact) mass is 317 g/mol. The summed E-state index contributed by atoms with van der Waals surface area (Å²) < 4.78 is 26.6. The summed E-state index contributed by atoms with van der Waals surface area (Å²) >= 11 is 1.21. The van der Waals surface area contributed by atoms with Crippen LogP contribution < -0.4 is 5.43 Å². The van der Waals surface area contributed by atoms with Crippen molar-refractivity contribution in [1.29, 1.82) is 0 Å². The molecule has 1 aromatic rings. The molecule has 2 rings (SSSR count). The van der Waals surface area contributed by atoms with E-state index in [1.807, 2.05) is 0 Å². The Morgan fingerprint density at radius 3 is 2.85 bits per heavy atom. The van der Waals surface area contributed by atoms with E-state index in [-0.39, 0.29) is 18.4 Å². The number of carbonyl (C=O) groups is 1. The van der Waals surface area contributed by atoms with E-state index in [1.54, 1.807) is 36.6 Å². The summed E-state index contributed by atoms with van der Waals surface area (Å²) in [7, 11) is 0.0186. The second kappa shape index (κ2) is 6.21. The molecular formula is C12H19N3O3S2. The van der Waals surface area contributed by atoms with E-state index >= 15 is 0 Å². The third-order valence-corrected chi connectivity index (χ3v) is 6.42. The molecule has 8 heteroatoms. The predicted molar refractivity (Wildman–Crippen MR) is 77.6 cm³/mol. The molecule has 1 atom stereocenters. The largest absolute Gasteiger partial charge is 0.289 e. The van der Waals surface area contributed by atoms with Crippen LogP contribution in [0, 0.1) is 5.92 Å². The molecule has 2 heterocycles. The van der Waals surface area contributed by atoms with Gasteiger partial charge in [-0.25, -0.2) is 13.4 Å². The fraction of sp³-hybridized carbons (Fsp3) is 0.583. The maximum absolute atomic E-state index is 12.4. The number of thiophene rings is 1. The van der Waals surface area contributed by atoms with Gasteiger partial charge in [-0.3, -0.25) is 10.2 Å². The lowest BCUT2D eigenvalue weighted by Gasteiger charge is -2.31. The van der Waals surface area contributed by atoms with Gasteiger partial charge < -0.3 is 0 Å². The van der Waals surface area contributed by atoms with Gasteiger partial charge in [-0.1, -0.05) is 6.07 Å². The van der Waals surface area contributed by atoms with E-state index in [4.69, 9.17) is 0 Å². The Morgan fingerprint density at radius 2 is 2.25 bits per heavy atom. The van der Waals surface area contributed by atoms with Crippen LogP contribution in [0.15, 0.2) is 21.7 Å². The molecule has 1 N–H and O–H groups in total. The molecule has 0 spiro atoms. The van der Waals surface area contributed by atoms with Crippen molar-refractivity contribution in [1.82, 2.24) is 14.7 Å². The molecular weight excluding hydrogens is 298 g/mol. The van der Waals surface area contributed by atoms with Crippen LogP contribution in [0.4, 0.5) is 0 Å². The summed E-state index contributed by atoms with van der Waals surface area (Å²) in [6, 6.07) is 3.32. The standard InChI is InChI=1S/C12H19N3O3S2/c1-14(2)13-12(16)10-5-3-7-15(9-10)20(17,18)11-6-4-8-19-11/h4,6,8,10H,3,5,7,9H2,1-2H3,(H,13,16)/t10-/m1/s1. The predicted octanol–water partition coefficient (Wildman–Crippen LogP) is 0.742. The van der Waals surface area contributed by atoms with Gasteiger partial charge in [0.15, 0.2) is 0 Å². The molecule has 1 aliphatic rings. The van der Waals surface area contributed by atoms with Gasteiger partial charge in [0.1, 0.15) is 4.21 Å². The Kier molecular flexibility index (Phi) is 4.79. The molecule has 20 heavy (non-hydrogen) atoms. The van der Waals surface area contributed by atoms with E-state index in [1.165, 1.54) is 15.6 Å². The number of hydrogen-bond acceptors (Lipinski definition) is 5. The summed E-state index contributed by atoms with van der Waals surface area (Å²) in [6.07, 6.45) is 1.42. The van der Waals surface area contributed by atoms with Crippen LogP contribution >= 0.6 is 11.3 Å². The summed E-state index contributed by atoms with van der Waals surface area (Å²) in [5.41, 5.74) is 2.69. The van der Waals surface area contributed by atoms with Gasteiger partial charge in [0.05, 0.1) is 5.92 Å². The van der Waals surface area contributed by atoms with Crippen molar-refractivity contribution in [3.05, 3.63) is 17.5 Å². The first-order valence-electron chi connectivity index (χ1n) is 6.42. The van der Waals surface area contributed by atoms with E-state index in [2.05, 4.69) is 5.43 Å². The smallest absolute Gasteiger partial charge is 0.252 e. The average molecular weight is 317 g/mol. The number of hydrazine groups is 1. The molecule has 112 valence electrons. The van der Waals surface area contributed by atoms with Crippen LogP contribution in [0.1, 0.15) is 12.8 Å². The number of amides is 1. The van der Waals surface area contributed by atoms with Crippen LogP contribution in [0.5, 0.6) is 0 Å². The minimum Gasteiger partial charge on any atom is -0.289 e. The highest BCUT2D eigenvalue weighted by molar-refractivity contribution is 7.91. The summed E-state index contributed by atoms with van der Waals surface area (Å²) in [5, 5.41) is 3.32. The maximum atomic E-state index is 12.4. The van der Waals surface area contributed by atoms with Gasteiger partial charge >= 0.3 is 0 Å². The van der Waals surface area contributed by atoms with Crippen LogP contribution in [-0.2, 0) is 14.8 Å². The number of rotatable bonds is 4. The zero-order valence-electron chi connectivity index (χ0n) is 11.6. The zero-order valence-corrected chi connectivity index (χ0v) is 13.2. The minimum absolute atomic E-state index is 0.124. The molecule has 0 aliphatic carbocycles. The second-order valence-electron chi connectivity index (χ2n) is 5.00. The highest BCUT2D eigenvalue weighted by Crippen LogP contribution is 2.26. The van der Waals surface area contributed by atoms with Gasteiger partial charge in [0, 0.05) is 27.2 Å². The van der Waals surface area contributed by atoms with Gasteiger partial charge in [-0.05, 0) is 24.3 Å². The SMILES string of the molecule is CN(C)NC(=O)[C@@H]1CCCN(S(=O)(=O)c2cccs2)C1. The third kappa shape index (κ3) is 3.38. The van der Waals surface area contributed by atoms with Crippen LogP contribution in [0.2, 0.25) is 0 Å².